The van der Waals surface area contributed by atoms with Crippen LogP contribution in [0.15, 0.2) is 47.3 Å². The first kappa shape index (κ1) is 24.5. The molecule has 2 aromatic carbocycles. The van der Waals surface area contributed by atoms with Gasteiger partial charge in [-0.05, 0) is 49.8 Å². The number of benzene rings is 2. The summed E-state index contributed by atoms with van der Waals surface area (Å²) in [5, 5.41) is 4.95. The van der Waals surface area contributed by atoms with E-state index in [0.717, 1.165) is 62.3 Å². The molecular weight excluding hydrogens is 476 g/mol. The minimum atomic E-state index is -0.134. The third kappa shape index (κ3) is 5.98. The average Bonchev–Trinajstić information content (AvgIpc) is 3.34. The van der Waals surface area contributed by atoms with Gasteiger partial charge in [0.05, 0.1) is 25.3 Å². The average molecular weight is 509 g/mol. The van der Waals surface area contributed by atoms with E-state index in [0.29, 0.717) is 35.3 Å². The number of thiocarbonyl (C=S) groups is 1. The van der Waals surface area contributed by atoms with Crippen molar-refractivity contribution in [3.8, 4) is 11.5 Å². The molecule has 0 unspecified atom stereocenters. The number of ether oxygens (including phenoxy) is 3. The summed E-state index contributed by atoms with van der Waals surface area (Å²) >= 11 is 5.81. The van der Waals surface area contributed by atoms with Crippen molar-refractivity contribution < 1.29 is 14.2 Å². The maximum absolute atomic E-state index is 13.0. The summed E-state index contributed by atoms with van der Waals surface area (Å²) in [5.74, 6) is 1.34. The summed E-state index contributed by atoms with van der Waals surface area (Å²) in [5.41, 5.74) is 3.58. The van der Waals surface area contributed by atoms with E-state index in [-0.39, 0.29) is 12.4 Å². The largest absolute Gasteiger partial charge is 0.454 e. The van der Waals surface area contributed by atoms with Gasteiger partial charge in [0.15, 0.2) is 16.6 Å². The van der Waals surface area contributed by atoms with Gasteiger partial charge in [-0.25, -0.2) is 0 Å². The number of rotatable bonds is 8. The Morgan fingerprint density at radius 1 is 1.08 bits per heavy atom. The van der Waals surface area contributed by atoms with Gasteiger partial charge in [0.25, 0.3) is 5.56 Å². The van der Waals surface area contributed by atoms with E-state index in [1.165, 1.54) is 5.56 Å². The number of aromatic amines is 1. The van der Waals surface area contributed by atoms with Crippen molar-refractivity contribution in [1.29, 1.82) is 0 Å². The second-order valence-corrected chi connectivity index (χ2v) is 9.68. The van der Waals surface area contributed by atoms with Crippen LogP contribution in [0.3, 0.4) is 0 Å². The van der Waals surface area contributed by atoms with E-state index in [1.807, 2.05) is 18.2 Å². The van der Waals surface area contributed by atoms with E-state index in [1.54, 1.807) is 0 Å². The number of nitrogens with one attached hydrogen (secondary N) is 2. The monoisotopic (exact) mass is 508 g/mol. The number of aryl methyl sites for hydroxylation is 1. The molecule has 1 saturated heterocycles. The summed E-state index contributed by atoms with van der Waals surface area (Å²) in [7, 11) is 0. The lowest BCUT2D eigenvalue weighted by atomic mass is 10.1. The Morgan fingerprint density at radius 3 is 2.61 bits per heavy atom. The van der Waals surface area contributed by atoms with Crippen LogP contribution in [0.2, 0.25) is 0 Å². The van der Waals surface area contributed by atoms with E-state index < -0.39 is 0 Å². The third-order valence-electron chi connectivity index (χ3n) is 6.59. The molecule has 190 valence electrons. The van der Waals surface area contributed by atoms with Crippen LogP contribution in [0.4, 0.5) is 0 Å². The molecule has 0 aliphatic carbocycles. The molecule has 0 amide bonds. The fourth-order valence-corrected chi connectivity index (χ4v) is 4.74. The van der Waals surface area contributed by atoms with Crippen molar-refractivity contribution in [1.82, 2.24) is 20.1 Å². The molecule has 36 heavy (non-hydrogen) atoms. The van der Waals surface area contributed by atoms with E-state index >= 15 is 0 Å². The minimum absolute atomic E-state index is 0.134. The molecule has 0 spiro atoms. The van der Waals surface area contributed by atoms with Crippen LogP contribution >= 0.6 is 12.2 Å². The molecule has 8 nitrogen and oxygen atoms in total. The van der Waals surface area contributed by atoms with Gasteiger partial charge in [-0.15, -0.1) is 0 Å². The minimum Gasteiger partial charge on any atom is -0.454 e. The van der Waals surface area contributed by atoms with Crippen molar-refractivity contribution in [2.45, 2.75) is 26.4 Å². The SMILES string of the molecule is Cc1ccc(CN(Cc2cc3cc4c(cc3[nH]c2=O)OCO4)C(=S)NCCCN2CCOCC2)cc1. The normalized spacial score (nSPS) is 15.2. The lowest BCUT2D eigenvalue weighted by Gasteiger charge is -2.28. The Hall–Kier alpha value is -3.14. The first-order chi connectivity index (χ1) is 17.5. The molecule has 0 atom stereocenters. The maximum atomic E-state index is 13.0. The smallest absolute Gasteiger partial charge is 0.253 e. The van der Waals surface area contributed by atoms with Crippen LogP contribution in [0.1, 0.15) is 23.1 Å². The molecule has 2 N–H and O–H groups in total. The number of fused-ring (bicyclic) bond motifs is 2. The zero-order chi connectivity index (χ0) is 24.9. The Balaban J connectivity index is 1.30. The number of morpholine rings is 1. The molecule has 0 bridgehead atoms. The zero-order valence-corrected chi connectivity index (χ0v) is 21.4. The third-order valence-corrected chi connectivity index (χ3v) is 6.99. The van der Waals surface area contributed by atoms with Crippen molar-refractivity contribution in [2.24, 2.45) is 0 Å². The molecule has 1 aromatic heterocycles. The molecule has 0 saturated carbocycles. The number of hydrogen-bond acceptors (Lipinski definition) is 6. The van der Waals surface area contributed by atoms with Crippen LogP contribution < -0.4 is 20.3 Å². The van der Waals surface area contributed by atoms with Gasteiger partial charge in [0, 0.05) is 43.2 Å². The molecule has 9 heteroatoms. The highest BCUT2D eigenvalue weighted by molar-refractivity contribution is 7.80. The fraction of sp³-hybridized carbons (Fsp3) is 0.407. The van der Waals surface area contributed by atoms with Crippen LogP contribution in [-0.4, -0.2) is 66.1 Å². The Bertz CT molecular complexity index is 1270. The predicted octanol–water partition coefficient (Wildman–Crippen LogP) is 3.16. The van der Waals surface area contributed by atoms with Gasteiger partial charge in [-0.3, -0.25) is 9.69 Å². The van der Waals surface area contributed by atoms with E-state index in [9.17, 15) is 4.79 Å². The summed E-state index contributed by atoms with van der Waals surface area (Å²) in [6.07, 6.45) is 0.988. The second-order valence-electron chi connectivity index (χ2n) is 9.30. The fourth-order valence-electron chi connectivity index (χ4n) is 4.51. The molecule has 5 rings (SSSR count). The van der Waals surface area contributed by atoms with Crippen molar-refractivity contribution >= 4 is 28.2 Å². The highest BCUT2D eigenvalue weighted by Crippen LogP contribution is 2.35. The van der Waals surface area contributed by atoms with Crippen LogP contribution in [0.25, 0.3) is 10.9 Å². The quantitative estimate of drug-likeness (QED) is 0.355. The summed E-state index contributed by atoms with van der Waals surface area (Å²) < 4.78 is 16.4. The van der Waals surface area contributed by atoms with Crippen molar-refractivity contribution in [2.75, 3.05) is 46.2 Å². The number of aromatic nitrogens is 1. The number of H-pyrrole nitrogens is 1. The highest BCUT2D eigenvalue weighted by atomic mass is 32.1. The zero-order valence-electron chi connectivity index (χ0n) is 20.5. The highest BCUT2D eigenvalue weighted by Gasteiger charge is 2.18. The topological polar surface area (TPSA) is 79.1 Å². The van der Waals surface area contributed by atoms with Crippen molar-refractivity contribution in [3.63, 3.8) is 0 Å². The van der Waals surface area contributed by atoms with E-state index in [2.05, 4.69) is 51.3 Å². The first-order valence-electron chi connectivity index (χ1n) is 12.4. The predicted molar refractivity (Wildman–Crippen MR) is 144 cm³/mol. The van der Waals surface area contributed by atoms with Gasteiger partial charge in [-0.2, -0.15) is 0 Å². The first-order valence-corrected chi connectivity index (χ1v) is 12.8. The van der Waals surface area contributed by atoms with Crippen LogP contribution in [0, 0.1) is 6.92 Å². The van der Waals surface area contributed by atoms with Gasteiger partial charge < -0.3 is 29.4 Å². The molecular formula is C27H32N4O4S. The van der Waals surface area contributed by atoms with Gasteiger partial charge in [-0.1, -0.05) is 29.8 Å². The van der Waals surface area contributed by atoms with Crippen LogP contribution in [-0.2, 0) is 17.8 Å². The van der Waals surface area contributed by atoms with Crippen LogP contribution in [0.5, 0.6) is 11.5 Å². The van der Waals surface area contributed by atoms with E-state index in [4.69, 9.17) is 26.4 Å². The van der Waals surface area contributed by atoms with Gasteiger partial charge in [0.2, 0.25) is 6.79 Å². The second kappa shape index (κ2) is 11.3. The Kier molecular flexibility index (Phi) is 7.69. The molecule has 1 fully saturated rings. The lowest BCUT2D eigenvalue weighted by Crippen LogP contribution is -2.42. The molecule has 2 aliphatic rings. The maximum Gasteiger partial charge on any atom is 0.253 e. The van der Waals surface area contributed by atoms with Gasteiger partial charge in [0.1, 0.15) is 0 Å². The standard InChI is InChI=1S/C27H32N4O4S/c1-19-3-5-20(6-4-19)16-31(27(36)28-7-2-8-30-9-11-33-12-10-30)17-22-13-21-14-24-25(35-18-34-24)15-23(21)29-26(22)32/h3-6,13-15H,2,7-12,16-18H2,1H3,(H,28,36)(H,29,32). The molecule has 0 radical (unpaired) electrons. The number of hydrogen-bond donors (Lipinski definition) is 2. The Labute approximate surface area is 216 Å². The molecule has 2 aliphatic heterocycles. The summed E-state index contributed by atoms with van der Waals surface area (Å²) in [4.78, 5) is 20.5. The molecule has 3 aromatic rings. The summed E-state index contributed by atoms with van der Waals surface area (Å²) in [6.45, 7) is 8.62. The lowest BCUT2D eigenvalue weighted by molar-refractivity contribution is 0.0376. The van der Waals surface area contributed by atoms with Crippen molar-refractivity contribution in [3.05, 3.63) is 69.5 Å². The molecule has 3 heterocycles. The van der Waals surface area contributed by atoms with Gasteiger partial charge >= 0.3 is 0 Å². The summed E-state index contributed by atoms with van der Waals surface area (Å²) in [6, 6.07) is 14.0. The Morgan fingerprint density at radius 2 is 1.83 bits per heavy atom. The number of pyridine rings is 1. The number of nitrogens with zero attached hydrogens (tertiary/aromatic N) is 2.